The van der Waals surface area contributed by atoms with E-state index in [0.717, 1.165) is 21.3 Å². The summed E-state index contributed by atoms with van der Waals surface area (Å²) in [5.41, 5.74) is 11.9. The van der Waals surface area contributed by atoms with Crippen molar-refractivity contribution in [3.8, 4) is 0 Å². The number of hydrogen-bond donors (Lipinski definition) is 3. The molecule has 2 unspecified atom stereocenters. The maximum atomic E-state index is 12.5. The van der Waals surface area contributed by atoms with E-state index in [1.165, 1.54) is 10.8 Å². The number of hydrazone groups is 1. The lowest BCUT2D eigenvalue weighted by Gasteiger charge is -2.11. The van der Waals surface area contributed by atoms with E-state index in [0.29, 0.717) is 6.42 Å². The first-order chi connectivity index (χ1) is 13.6. The third kappa shape index (κ3) is 4.14. The van der Waals surface area contributed by atoms with Gasteiger partial charge in [0.1, 0.15) is 6.04 Å². The van der Waals surface area contributed by atoms with Gasteiger partial charge in [-0.25, -0.2) is 16.3 Å². The molecule has 1 aliphatic heterocycles. The molecule has 6 heteroatoms. The van der Waals surface area contributed by atoms with E-state index in [1.54, 1.807) is 0 Å². The third-order valence-corrected chi connectivity index (χ3v) is 5.52. The minimum Gasteiger partial charge on any atom is -0.271 e. The standard InChI is InChI=1S/C22H21BrN4O/c1-14(15-8-10-19(23)11-9-15)24-27-22(28)21-13-20(25-26-21)18-7-6-16-4-2-3-5-17(16)12-18/h2-12,20-21,25-26H,13H2,1H3,(H,27,28)/b24-14+. The number of nitrogens with one attached hydrogen (secondary N) is 3. The zero-order chi connectivity index (χ0) is 19.5. The Labute approximate surface area is 172 Å². The van der Waals surface area contributed by atoms with Crippen molar-refractivity contribution in [2.24, 2.45) is 5.10 Å². The molecule has 28 heavy (non-hydrogen) atoms. The fraction of sp³-hybridized carbons (Fsp3) is 0.182. The summed E-state index contributed by atoms with van der Waals surface area (Å²) >= 11 is 3.41. The monoisotopic (exact) mass is 436 g/mol. The molecule has 4 rings (SSSR count). The Hall–Kier alpha value is -2.54. The maximum Gasteiger partial charge on any atom is 0.258 e. The van der Waals surface area contributed by atoms with E-state index in [1.807, 2.05) is 43.3 Å². The smallest absolute Gasteiger partial charge is 0.258 e. The van der Waals surface area contributed by atoms with Gasteiger partial charge in [0, 0.05) is 10.5 Å². The number of nitrogens with zero attached hydrogens (tertiary/aromatic N) is 1. The van der Waals surface area contributed by atoms with Crippen molar-refractivity contribution in [2.45, 2.75) is 25.4 Å². The first-order valence-electron chi connectivity index (χ1n) is 9.20. The predicted octanol–water partition coefficient (Wildman–Crippen LogP) is 4.05. The molecule has 1 heterocycles. The van der Waals surface area contributed by atoms with Gasteiger partial charge >= 0.3 is 0 Å². The van der Waals surface area contributed by atoms with Crippen molar-refractivity contribution in [1.82, 2.24) is 16.3 Å². The molecule has 5 nitrogen and oxygen atoms in total. The molecule has 0 spiro atoms. The number of carbonyl (C=O) groups is 1. The van der Waals surface area contributed by atoms with Crippen LogP contribution in [0.5, 0.6) is 0 Å². The van der Waals surface area contributed by atoms with Crippen LogP contribution < -0.4 is 16.3 Å². The molecule has 0 radical (unpaired) electrons. The number of halogens is 1. The molecular formula is C22H21BrN4O. The van der Waals surface area contributed by atoms with Gasteiger partial charge in [-0.15, -0.1) is 0 Å². The Morgan fingerprint density at radius 3 is 2.57 bits per heavy atom. The summed E-state index contributed by atoms with van der Waals surface area (Å²) in [5, 5.41) is 6.65. The van der Waals surface area contributed by atoms with E-state index in [-0.39, 0.29) is 18.0 Å². The van der Waals surface area contributed by atoms with Gasteiger partial charge in [-0.05, 0) is 53.4 Å². The van der Waals surface area contributed by atoms with E-state index in [9.17, 15) is 4.79 Å². The topological polar surface area (TPSA) is 65.5 Å². The van der Waals surface area contributed by atoms with Gasteiger partial charge in [-0.2, -0.15) is 5.10 Å². The second-order valence-corrected chi connectivity index (χ2v) is 7.83. The van der Waals surface area contributed by atoms with Crippen molar-refractivity contribution in [3.05, 3.63) is 82.3 Å². The highest BCUT2D eigenvalue weighted by atomic mass is 79.9. The minimum atomic E-state index is -0.335. The largest absolute Gasteiger partial charge is 0.271 e. The maximum absolute atomic E-state index is 12.5. The van der Waals surface area contributed by atoms with Gasteiger partial charge in [0.15, 0.2) is 0 Å². The van der Waals surface area contributed by atoms with Gasteiger partial charge < -0.3 is 0 Å². The molecule has 3 N–H and O–H groups in total. The lowest BCUT2D eigenvalue weighted by atomic mass is 9.99. The van der Waals surface area contributed by atoms with Crippen molar-refractivity contribution in [2.75, 3.05) is 0 Å². The normalized spacial score (nSPS) is 19.7. The Kier molecular flexibility index (Phi) is 5.52. The summed E-state index contributed by atoms with van der Waals surface area (Å²) in [7, 11) is 0. The van der Waals surface area contributed by atoms with Crippen LogP contribution in [-0.2, 0) is 4.79 Å². The van der Waals surface area contributed by atoms with Crippen LogP contribution in [0.3, 0.4) is 0 Å². The predicted molar refractivity (Wildman–Crippen MR) is 116 cm³/mol. The molecule has 0 aromatic heterocycles. The van der Waals surface area contributed by atoms with Crippen molar-refractivity contribution >= 4 is 38.3 Å². The highest BCUT2D eigenvalue weighted by Gasteiger charge is 2.30. The first-order valence-corrected chi connectivity index (χ1v) is 9.99. The lowest BCUT2D eigenvalue weighted by Crippen LogP contribution is -2.41. The second kappa shape index (κ2) is 8.22. The van der Waals surface area contributed by atoms with Crippen molar-refractivity contribution in [3.63, 3.8) is 0 Å². The van der Waals surface area contributed by atoms with E-state index in [4.69, 9.17) is 0 Å². The molecule has 0 bridgehead atoms. The Balaban J connectivity index is 1.39. The van der Waals surface area contributed by atoms with Crippen LogP contribution in [0.2, 0.25) is 0 Å². The lowest BCUT2D eigenvalue weighted by molar-refractivity contribution is -0.122. The molecule has 1 saturated heterocycles. The fourth-order valence-electron chi connectivity index (χ4n) is 3.34. The molecule has 3 aromatic rings. The highest BCUT2D eigenvalue weighted by Crippen LogP contribution is 2.25. The summed E-state index contributed by atoms with van der Waals surface area (Å²) in [4.78, 5) is 12.5. The number of carbonyl (C=O) groups excluding carboxylic acids is 1. The molecular weight excluding hydrogens is 416 g/mol. The number of hydrazine groups is 1. The zero-order valence-electron chi connectivity index (χ0n) is 15.4. The molecule has 1 fully saturated rings. The number of benzene rings is 3. The van der Waals surface area contributed by atoms with Crippen LogP contribution in [0.15, 0.2) is 76.3 Å². The van der Waals surface area contributed by atoms with Crippen molar-refractivity contribution in [1.29, 1.82) is 0 Å². The molecule has 142 valence electrons. The molecule has 0 saturated carbocycles. The van der Waals surface area contributed by atoms with Gasteiger partial charge in [0.2, 0.25) is 0 Å². The van der Waals surface area contributed by atoms with E-state index < -0.39 is 0 Å². The summed E-state index contributed by atoms with van der Waals surface area (Å²) < 4.78 is 1.01. The Morgan fingerprint density at radius 2 is 1.79 bits per heavy atom. The van der Waals surface area contributed by atoms with E-state index >= 15 is 0 Å². The summed E-state index contributed by atoms with van der Waals surface area (Å²) in [6, 6.07) is 22.2. The molecule has 0 aliphatic carbocycles. The summed E-state index contributed by atoms with van der Waals surface area (Å²) in [6.07, 6.45) is 0.664. The van der Waals surface area contributed by atoms with Crippen molar-refractivity contribution < 1.29 is 4.79 Å². The molecule has 2 atom stereocenters. The molecule has 3 aromatic carbocycles. The van der Waals surface area contributed by atoms with Crippen LogP contribution in [-0.4, -0.2) is 17.7 Å². The summed E-state index contributed by atoms with van der Waals surface area (Å²) in [6.45, 7) is 1.88. The quantitative estimate of drug-likeness (QED) is 0.426. The average Bonchev–Trinajstić information content (AvgIpc) is 3.22. The van der Waals surface area contributed by atoms with Gasteiger partial charge in [0.25, 0.3) is 5.91 Å². The van der Waals surface area contributed by atoms with Gasteiger partial charge in [0.05, 0.1) is 5.71 Å². The minimum absolute atomic E-state index is 0.0805. The zero-order valence-corrected chi connectivity index (χ0v) is 17.0. The second-order valence-electron chi connectivity index (χ2n) is 6.92. The third-order valence-electron chi connectivity index (χ3n) is 4.99. The van der Waals surface area contributed by atoms with Crippen LogP contribution in [0.4, 0.5) is 0 Å². The number of hydrogen-bond acceptors (Lipinski definition) is 4. The number of amides is 1. The average molecular weight is 437 g/mol. The first kappa shape index (κ1) is 18.8. The van der Waals surface area contributed by atoms with Crippen LogP contribution in [0, 0.1) is 0 Å². The SMILES string of the molecule is C/C(=N\NC(=O)C1CC(c2ccc3ccccc3c2)NN1)c1ccc(Br)cc1. The number of rotatable bonds is 4. The van der Waals surface area contributed by atoms with E-state index in [2.05, 4.69) is 67.6 Å². The highest BCUT2D eigenvalue weighted by molar-refractivity contribution is 9.10. The van der Waals surface area contributed by atoms with Gasteiger partial charge in [-0.3, -0.25) is 4.79 Å². The van der Waals surface area contributed by atoms with Crippen LogP contribution >= 0.6 is 15.9 Å². The molecule has 1 amide bonds. The van der Waals surface area contributed by atoms with Crippen LogP contribution in [0.1, 0.15) is 30.5 Å². The van der Waals surface area contributed by atoms with Crippen LogP contribution in [0.25, 0.3) is 10.8 Å². The number of fused-ring (bicyclic) bond motifs is 1. The van der Waals surface area contributed by atoms with Gasteiger partial charge in [-0.1, -0.05) is 64.5 Å². The Morgan fingerprint density at radius 1 is 1.04 bits per heavy atom. The molecule has 1 aliphatic rings. The fourth-order valence-corrected chi connectivity index (χ4v) is 3.61. The Bertz CT molecular complexity index is 1030. The summed E-state index contributed by atoms with van der Waals surface area (Å²) in [5.74, 6) is -0.146.